The van der Waals surface area contributed by atoms with Gasteiger partial charge in [0.05, 0.1) is 12.7 Å². The highest BCUT2D eigenvalue weighted by Crippen LogP contribution is 2.14. The molecule has 6 heteroatoms. The summed E-state index contributed by atoms with van der Waals surface area (Å²) in [5.41, 5.74) is 2.41. The number of rotatable bonds is 11. The Bertz CT molecular complexity index is 555. The Kier molecular flexibility index (Phi) is 10.9. The van der Waals surface area contributed by atoms with Crippen molar-refractivity contribution in [3.63, 3.8) is 0 Å². The molecule has 2 rings (SSSR count). The van der Waals surface area contributed by atoms with Crippen molar-refractivity contribution < 1.29 is 14.2 Å². The highest BCUT2D eigenvalue weighted by molar-refractivity contribution is 5.79. The Morgan fingerprint density at radius 3 is 2.54 bits per heavy atom. The molecule has 0 unspecified atom stereocenters. The number of hydrogen-bond acceptors (Lipinski definition) is 4. The second-order valence-corrected chi connectivity index (χ2v) is 7.51. The molecule has 1 aromatic carbocycles. The molecule has 1 heterocycles. The third kappa shape index (κ3) is 9.53. The molecule has 2 N–H and O–H groups in total. The fourth-order valence-corrected chi connectivity index (χ4v) is 2.97. The molecule has 0 saturated carbocycles. The van der Waals surface area contributed by atoms with Crippen molar-refractivity contribution in [3.8, 4) is 0 Å². The highest BCUT2D eigenvalue weighted by Gasteiger charge is 2.13. The maximum Gasteiger partial charge on any atom is 0.191 e. The van der Waals surface area contributed by atoms with Gasteiger partial charge in [-0.25, -0.2) is 0 Å². The molecule has 1 saturated heterocycles. The van der Waals surface area contributed by atoms with Gasteiger partial charge in [0.15, 0.2) is 5.96 Å². The summed E-state index contributed by atoms with van der Waals surface area (Å²) in [4.78, 5) is 4.28. The standard InChI is InChI=1S/C22H37N3O3/c1-18(2)28-17-20-7-5-19(6-8-20)15-25-22(23-3)24-11-4-12-27-16-21-9-13-26-14-10-21/h5-8,18,21H,4,9-17H2,1-3H3,(H2,23,24,25). The molecule has 158 valence electrons. The molecular formula is C22H37N3O3. The molecule has 0 atom stereocenters. The summed E-state index contributed by atoms with van der Waals surface area (Å²) >= 11 is 0. The molecule has 1 aliphatic heterocycles. The van der Waals surface area contributed by atoms with Crippen LogP contribution in [-0.4, -0.2) is 52.1 Å². The quantitative estimate of drug-likeness (QED) is 0.345. The largest absolute Gasteiger partial charge is 0.381 e. The second kappa shape index (κ2) is 13.5. The van der Waals surface area contributed by atoms with Gasteiger partial charge in [0.2, 0.25) is 0 Å². The van der Waals surface area contributed by atoms with Crippen LogP contribution in [0.25, 0.3) is 0 Å². The van der Waals surface area contributed by atoms with Crippen molar-refractivity contribution in [3.05, 3.63) is 35.4 Å². The minimum Gasteiger partial charge on any atom is -0.381 e. The van der Waals surface area contributed by atoms with Crippen LogP contribution in [0.1, 0.15) is 44.2 Å². The summed E-state index contributed by atoms with van der Waals surface area (Å²) in [7, 11) is 1.79. The smallest absolute Gasteiger partial charge is 0.191 e. The van der Waals surface area contributed by atoms with Gasteiger partial charge in [0, 0.05) is 46.6 Å². The van der Waals surface area contributed by atoms with Gasteiger partial charge in [-0.05, 0) is 50.2 Å². The lowest BCUT2D eigenvalue weighted by molar-refractivity contribution is 0.0203. The van der Waals surface area contributed by atoms with E-state index in [0.717, 1.165) is 64.7 Å². The maximum atomic E-state index is 5.80. The van der Waals surface area contributed by atoms with Crippen LogP contribution in [0.4, 0.5) is 0 Å². The van der Waals surface area contributed by atoms with E-state index in [1.165, 1.54) is 11.1 Å². The number of aliphatic imine (C=N–C) groups is 1. The van der Waals surface area contributed by atoms with Crippen molar-refractivity contribution in [2.75, 3.05) is 40.0 Å². The van der Waals surface area contributed by atoms with E-state index in [4.69, 9.17) is 14.2 Å². The van der Waals surface area contributed by atoms with Crippen molar-refractivity contribution in [1.82, 2.24) is 10.6 Å². The fraction of sp³-hybridized carbons (Fsp3) is 0.682. The van der Waals surface area contributed by atoms with Crippen LogP contribution in [0.15, 0.2) is 29.3 Å². The number of hydrogen-bond donors (Lipinski definition) is 2. The van der Waals surface area contributed by atoms with Crippen LogP contribution in [-0.2, 0) is 27.4 Å². The summed E-state index contributed by atoms with van der Waals surface area (Å²) < 4.78 is 16.8. The summed E-state index contributed by atoms with van der Waals surface area (Å²) in [6.45, 7) is 9.74. The SMILES string of the molecule is CN=C(NCCCOCC1CCOCC1)NCc1ccc(COC(C)C)cc1. The molecule has 0 amide bonds. The lowest BCUT2D eigenvalue weighted by Crippen LogP contribution is -2.37. The monoisotopic (exact) mass is 391 g/mol. The van der Waals surface area contributed by atoms with Crippen LogP contribution in [0, 0.1) is 5.92 Å². The molecule has 1 aliphatic rings. The zero-order valence-electron chi connectivity index (χ0n) is 17.7. The van der Waals surface area contributed by atoms with Crippen LogP contribution in [0.3, 0.4) is 0 Å². The van der Waals surface area contributed by atoms with Gasteiger partial charge in [-0.2, -0.15) is 0 Å². The van der Waals surface area contributed by atoms with Gasteiger partial charge in [0.1, 0.15) is 0 Å². The van der Waals surface area contributed by atoms with Crippen LogP contribution in [0.5, 0.6) is 0 Å². The van der Waals surface area contributed by atoms with Crippen LogP contribution in [0.2, 0.25) is 0 Å². The van der Waals surface area contributed by atoms with Crippen molar-refractivity contribution in [2.45, 2.75) is 52.4 Å². The van der Waals surface area contributed by atoms with Gasteiger partial charge in [-0.3, -0.25) is 4.99 Å². The molecule has 0 spiro atoms. The predicted octanol–water partition coefficient (Wildman–Crippen LogP) is 3.11. The number of benzene rings is 1. The summed E-state index contributed by atoms with van der Waals surface area (Å²) in [6, 6.07) is 8.49. The molecule has 1 aromatic rings. The summed E-state index contributed by atoms with van der Waals surface area (Å²) in [5.74, 6) is 1.48. The Balaban J connectivity index is 1.55. The predicted molar refractivity (Wildman–Crippen MR) is 114 cm³/mol. The molecule has 1 fully saturated rings. The van der Waals surface area contributed by atoms with E-state index < -0.39 is 0 Å². The van der Waals surface area contributed by atoms with Gasteiger partial charge in [0.25, 0.3) is 0 Å². The first-order valence-corrected chi connectivity index (χ1v) is 10.5. The zero-order chi connectivity index (χ0) is 20.0. The molecular weight excluding hydrogens is 354 g/mol. The van der Waals surface area contributed by atoms with Crippen LogP contribution < -0.4 is 10.6 Å². The van der Waals surface area contributed by atoms with Gasteiger partial charge in [-0.1, -0.05) is 24.3 Å². The topological polar surface area (TPSA) is 64.1 Å². The van der Waals surface area contributed by atoms with Gasteiger partial charge >= 0.3 is 0 Å². The van der Waals surface area contributed by atoms with E-state index in [-0.39, 0.29) is 6.10 Å². The fourth-order valence-electron chi connectivity index (χ4n) is 2.97. The lowest BCUT2D eigenvalue weighted by Gasteiger charge is -2.21. The molecule has 0 radical (unpaired) electrons. The third-order valence-corrected chi connectivity index (χ3v) is 4.74. The van der Waals surface area contributed by atoms with E-state index in [9.17, 15) is 0 Å². The molecule has 0 aromatic heterocycles. The van der Waals surface area contributed by atoms with Crippen molar-refractivity contribution >= 4 is 5.96 Å². The first-order valence-electron chi connectivity index (χ1n) is 10.5. The molecule has 0 aliphatic carbocycles. The molecule has 0 bridgehead atoms. The van der Waals surface area contributed by atoms with Crippen molar-refractivity contribution in [2.24, 2.45) is 10.9 Å². The molecule has 6 nitrogen and oxygen atoms in total. The van der Waals surface area contributed by atoms with Gasteiger partial charge in [-0.15, -0.1) is 0 Å². The van der Waals surface area contributed by atoms with E-state index >= 15 is 0 Å². The van der Waals surface area contributed by atoms with Crippen LogP contribution >= 0.6 is 0 Å². The maximum absolute atomic E-state index is 5.80. The second-order valence-electron chi connectivity index (χ2n) is 7.51. The Morgan fingerprint density at radius 2 is 1.86 bits per heavy atom. The first-order chi connectivity index (χ1) is 13.7. The summed E-state index contributed by atoms with van der Waals surface area (Å²) in [5, 5.41) is 6.69. The van der Waals surface area contributed by atoms with E-state index in [1.54, 1.807) is 7.05 Å². The Hall–Kier alpha value is -1.63. The molecule has 28 heavy (non-hydrogen) atoms. The van der Waals surface area contributed by atoms with E-state index in [0.29, 0.717) is 12.5 Å². The number of guanidine groups is 1. The summed E-state index contributed by atoms with van der Waals surface area (Å²) in [6.07, 6.45) is 3.47. The number of ether oxygens (including phenoxy) is 3. The minimum atomic E-state index is 0.253. The Morgan fingerprint density at radius 1 is 1.14 bits per heavy atom. The minimum absolute atomic E-state index is 0.253. The third-order valence-electron chi connectivity index (χ3n) is 4.74. The van der Waals surface area contributed by atoms with E-state index in [2.05, 4.69) is 53.7 Å². The Labute approximate surface area is 170 Å². The lowest BCUT2D eigenvalue weighted by atomic mass is 10.0. The highest BCUT2D eigenvalue weighted by atomic mass is 16.5. The van der Waals surface area contributed by atoms with Crippen molar-refractivity contribution in [1.29, 1.82) is 0 Å². The average molecular weight is 392 g/mol. The number of nitrogens with zero attached hydrogens (tertiary/aromatic N) is 1. The first kappa shape index (κ1) is 22.7. The average Bonchev–Trinajstić information content (AvgIpc) is 2.72. The number of nitrogens with one attached hydrogen (secondary N) is 2. The van der Waals surface area contributed by atoms with Gasteiger partial charge < -0.3 is 24.8 Å². The zero-order valence-corrected chi connectivity index (χ0v) is 17.7. The normalized spacial score (nSPS) is 15.8. The van der Waals surface area contributed by atoms with E-state index in [1.807, 2.05) is 0 Å².